The van der Waals surface area contributed by atoms with E-state index >= 15 is 0 Å². The molecule has 228 valence electrons. The summed E-state index contributed by atoms with van der Waals surface area (Å²) < 4.78 is 2.53. The number of nitrogens with zero attached hydrogens (tertiary/aromatic N) is 1. The van der Waals surface area contributed by atoms with Crippen molar-refractivity contribution >= 4 is 49.3 Å². The Morgan fingerprint density at radius 1 is 0.674 bits per heavy atom. The monoisotopic (exact) mass is 597 g/mol. The lowest BCUT2D eigenvalue weighted by atomic mass is 9.64. The van der Waals surface area contributed by atoms with E-state index in [1.165, 1.54) is 115 Å². The molecule has 0 N–H and O–H groups in total. The number of benzene rings is 6. The highest BCUT2D eigenvalue weighted by Crippen LogP contribution is 2.50. The lowest BCUT2D eigenvalue weighted by Crippen LogP contribution is -2.30. The van der Waals surface area contributed by atoms with Gasteiger partial charge in [-0.2, -0.15) is 0 Å². The Hall–Kier alpha value is -4.36. The molecule has 0 bridgehead atoms. The van der Waals surface area contributed by atoms with Gasteiger partial charge in [0.05, 0.1) is 5.52 Å². The van der Waals surface area contributed by atoms with Crippen molar-refractivity contribution in [2.75, 3.05) is 0 Å². The van der Waals surface area contributed by atoms with Gasteiger partial charge in [0.2, 0.25) is 0 Å². The molecule has 2 aliphatic carbocycles. The molecule has 46 heavy (non-hydrogen) atoms. The van der Waals surface area contributed by atoms with Crippen LogP contribution in [0.25, 0.3) is 55.0 Å². The van der Waals surface area contributed by atoms with E-state index in [0.29, 0.717) is 0 Å². The molecule has 7 aromatic rings. The van der Waals surface area contributed by atoms with Crippen LogP contribution >= 0.6 is 0 Å². The van der Waals surface area contributed by atoms with Crippen molar-refractivity contribution in [3.63, 3.8) is 0 Å². The lowest BCUT2D eigenvalue weighted by Gasteiger charge is -2.40. The van der Waals surface area contributed by atoms with Gasteiger partial charge in [0.1, 0.15) is 0 Å². The van der Waals surface area contributed by atoms with Crippen LogP contribution in [-0.2, 0) is 17.3 Å². The molecule has 0 saturated heterocycles. The first-order valence-corrected chi connectivity index (χ1v) is 17.5. The van der Waals surface area contributed by atoms with E-state index in [9.17, 15) is 0 Å². The summed E-state index contributed by atoms with van der Waals surface area (Å²) in [4.78, 5) is 0. The second-order valence-corrected chi connectivity index (χ2v) is 15.3. The third kappa shape index (κ3) is 4.07. The maximum atomic E-state index is 2.59. The first kappa shape index (κ1) is 27.9. The zero-order valence-electron chi connectivity index (χ0n) is 27.7. The van der Waals surface area contributed by atoms with Crippen molar-refractivity contribution in [2.45, 2.75) is 83.5 Å². The van der Waals surface area contributed by atoms with Gasteiger partial charge in [-0.3, -0.25) is 0 Å². The Morgan fingerprint density at radius 3 is 2.15 bits per heavy atom. The van der Waals surface area contributed by atoms with E-state index in [-0.39, 0.29) is 10.8 Å². The summed E-state index contributed by atoms with van der Waals surface area (Å²) in [5, 5.41) is 9.82. The Kier molecular flexibility index (Phi) is 6.11. The van der Waals surface area contributed by atoms with Crippen LogP contribution in [0.15, 0.2) is 97.1 Å². The van der Waals surface area contributed by atoms with E-state index in [1.54, 1.807) is 0 Å². The van der Waals surface area contributed by atoms with Crippen LogP contribution in [0.4, 0.5) is 0 Å². The molecule has 6 aromatic carbocycles. The van der Waals surface area contributed by atoms with Crippen molar-refractivity contribution in [1.82, 2.24) is 4.57 Å². The smallest absolute Gasteiger partial charge is 0.0537 e. The summed E-state index contributed by atoms with van der Waals surface area (Å²) in [7, 11) is 0. The third-order valence-electron chi connectivity index (χ3n) is 11.5. The number of aromatic nitrogens is 1. The first-order chi connectivity index (χ1) is 22.3. The van der Waals surface area contributed by atoms with E-state index < -0.39 is 0 Å². The summed E-state index contributed by atoms with van der Waals surface area (Å²) >= 11 is 0. The molecule has 0 unspecified atom stereocenters. The summed E-state index contributed by atoms with van der Waals surface area (Å²) in [6.45, 7) is 9.14. The number of rotatable bonds is 3. The predicted molar refractivity (Wildman–Crippen MR) is 198 cm³/mol. The number of hydrogen-bond acceptors (Lipinski definition) is 0. The standard InChI is InChI=1S/C45H43N/c1-29-12-19-35(20-13-29)46-40-11-7-6-10-36(40)38-28-33(18-23-41(38)46)45(24-8-5-9-25-45)39-22-17-30-14-15-31-26-34(44(2,3)4)27-32-16-21-37(39)43(30)42(31)32/h6,10,12-23,26-28H,5,7-9,11,24-25H2,1-4H3. The average Bonchev–Trinajstić information content (AvgIpc) is 3.41. The summed E-state index contributed by atoms with van der Waals surface area (Å²) in [6.07, 6.45) is 13.2. The SMILES string of the molecule is Cc1ccc(-n2c3c(c4cc(C5(c6ccc7ccc8cc(C(C)(C)C)cc9ccc6c7c89)CCCCC5)ccc42)C=CCC3)cc1. The van der Waals surface area contributed by atoms with E-state index in [0.717, 1.165) is 12.8 Å². The van der Waals surface area contributed by atoms with Gasteiger partial charge in [-0.1, -0.05) is 124 Å². The van der Waals surface area contributed by atoms with Gasteiger partial charge in [0.15, 0.2) is 0 Å². The molecular weight excluding hydrogens is 555 g/mol. The van der Waals surface area contributed by atoms with Gasteiger partial charge in [-0.15, -0.1) is 0 Å². The van der Waals surface area contributed by atoms with Gasteiger partial charge in [0, 0.05) is 27.7 Å². The molecule has 0 radical (unpaired) electrons. The van der Waals surface area contributed by atoms with Crippen LogP contribution in [0, 0.1) is 6.92 Å². The molecule has 2 aliphatic rings. The molecule has 1 nitrogen and oxygen atoms in total. The highest BCUT2D eigenvalue weighted by molar-refractivity contribution is 6.24. The minimum atomic E-state index is 0.00252. The van der Waals surface area contributed by atoms with Gasteiger partial charge in [0.25, 0.3) is 0 Å². The maximum Gasteiger partial charge on any atom is 0.0537 e. The van der Waals surface area contributed by atoms with Crippen LogP contribution in [0.3, 0.4) is 0 Å². The minimum absolute atomic E-state index is 0.00252. The fourth-order valence-electron chi connectivity index (χ4n) is 9.05. The van der Waals surface area contributed by atoms with Crippen molar-refractivity contribution < 1.29 is 0 Å². The molecule has 0 aliphatic heterocycles. The zero-order chi connectivity index (χ0) is 31.2. The van der Waals surface area contributed by atoms with E-state index in [1.807, 2.05) is 0 Å². The number of aryl methyl sites for hydroxylation is 1. The fourth-order valence-corrected chi connectivity index (χ4v) is 9.05. The summed E-state index contributed by atoms with van der Waals surface area (Å²) in [5.74, 6) is 0. The second kappa shape index (κ2) is 10.1. The molecule has 1 fully saturated rings. The Morgan fingerprint density at radius 2 is 1.39 bits per heavy atom. The van der Waals surface area contributed by atoms with Crippen LogP contribution in [-0.4, -0.2) is 4.57 Å². The molecule has 9 rings (SSSR count). The normalized spacial score (nSPS) is 16.6. The molecule has 1 aromatic heterocycles. The van der Waals surface area contributed by atoms with Gasteiger partial charge in [-0.25, -0.2) is 0 Å². The lowest BCUT2D eigenvalue weighted by molar-refractivity contribution is 0.348. The Bertz CT molecular complexity index is 2290. The molecular formula is C45H43N. The van der Waals surface area contributed by atoms with Crippen molar-refractivity contribution in [3.8, 4) is 5.69 Å². The molecule has 0 atom stereocenters. The topological polar surface area (TPSA) is 4.93 Å². The van der Waals surface area contributed by atoms with Crippen LogP contribution < -0.4 is 0 Å². The highest BCUT2D eigenvalue weighted by Gasteiger charge is 2.38. The molecule has 1 heteroatoms. The van der Waals surface area contributed by atoms with E-state index in [4.69, 9.17) is 0 Å². The maximum absolute atomic E-state index is 2.59. The van der Waals surface area contributed by atoms with Crippen molar-refractivity contribution in [1.29, 1.82) is 0 Å². The van der Waals surface area contributed by atoms with Gasteiger partial charge in [-0.05, 0) is 111 Å². The second-order valence-electron chi connectivity index (χ2n) is 15.3. The number of hydrogen-bond donors (Lipinski definition) is 0. The van der Waals surface area contributed by atoms with Crippen molar-refractivity contribution in [3.05, 3.63) is 131 Å². The van der Waals surface area contributed by atoms with Crippen molar-refractivity contribution in [2.24, 2.45) is 0 Å². The Labute approximate surface area is 272 Å². The average molecular weight is 598 g/mol. The largest absolute Gasteiger partial charge is 0.313 e. The molecule has 0 spiro atoms. The van der Waals surface area contributed by atoms with Gasteiger partial charge < -0.3 is 4.57 Å². The van der Waals surface area contributed by atoms with E-state index in [2.05, 4.69) is 135 Å². The summed E-state index contributed by atoms with van der Waals surface area (Å²) in [5.41, 5.74) is 11.3. The number of allylic oxidation sites excluding steroid dienone is 1. The predicted octanol–water partition coefficient (Wildman–Crippen LogP) is 12.3. The van der Waals surface area contributed by atoms with Crippen LogP contribution in [0.5, 0.6) is 0 Å². The fraction of sp³-hybridized carbons (Fsp3) is 0.289. The van der Waals surface area contributed by atoms with Gasteiger partial charge >= 0.3 is 0 Å². The molecule has 0 amide bonds. The zero-order valence-corrected chi connectivity index (χ0v) is 27.7. The quantitative estimate of drug-likeness (QED) is 0.179. The Balaban J connectivity index is 1.29. The minimum Gasteiger partial charge on any atom is -0.313 e. The number of fused-ring (bicyclic) bond motifs is 3. The summed E-state index contributed by atoms with van der Waals surface area (Å²) in [6, 6.07) is 35.9. The molecule has 1 heterocycles. The third-order valence-corrected chi connectivity index (χ3v) is 11.5. The van der Waals surface area contributed by atoms with Crippen LogP contribution in [0.2, 0.25) is 0 Å². The first-order valence-electron chi connectivity index (χ1n) is 17.5. The highest BCUT2D eigenvalue weighted by atomic mass is 15.0. The molecule has 1 saturated carbocycles. The van der Waals surface area contributed by atoms with Crippen LogP contribution in [0.1, 0.15) is 92.8 Å².